The van der Waals surface area contributed by atoms with Crippen LogP contribution in [-0.2, 0) is 14.3 Å². The molecule has 3 fully saturated rings. The Labute approximate surface area is 225 Å². The summed E-state index contributed by atoms with van der Waals surface area (Å²) in [6.45, 7) is 0.509. The molecular weight excluding hydrogens is 502 g/mol. The van der Waals surface area contributed by atoms with Crippen LogP contribution in [0.15, 0.2) is 65.7 Å². The van der Waals surface area contributed by atoms with Crippen LogP contribution in [0.2, 0.25) is 0 Å². The SMILES string of the molecule is NC1=NC(CN2C(=O)CCC2=O)C2NCNC23C(O)[C@@H](OC(=O)NC(c2ccccc2)c2ccccc2)CN13. The summed E-state index contributed by atoms with van der Waals surface area (Å²) in [7, 11) is 0. The molecular formula is C27H31N7O5. The van der Waals surface area contributed by atoms with Gasteiger partial charge in [0.2, 0.25) is 11.8 Å². The van der Waals surface area contributed by atoms with Gasteiger partial charge in [0.1, 0.15) is 11.8 Å². The van der Waals surface area contributed by atoms with Crippen LogP contribution in [0.5, 0.6) is 0 Å². The minimum absolute atomic E-state index is 0.0574. The van der Waals surface area contributed by atoms with Crippen LogP contribution in [0.25, 0.3) is 0 Å². The van der Waals surface area contributed by atoms with E-state index < -0.39 is 42.1 Å². The molecule has 0 bridgehead atoms. The Balaban J connectivity index is 1.20. The number of aliphatic hydroxyl groups excluding tert-OH is 1. The van der Waals surface area contributed by atoms with Crippen LogP contribution in [0.3, 0.4) is 0 Å². The van der Waals surface area contributed by atoms with Crippen LogP contribution in [0, 0.1) is 0 Å². The third-order valence-electron chi connectivity index (χ3n) is 8.05. The van der Waals surface area contributed by atoms with Crippen molar-refractivity contribution in [3.05, 3.63) is 71.8 Å². The molecule has 2 aromatic rings. The van der Waals surface area contributed by atoms with Crippen molar-refractivity contribution in [1.82, 2.24) is 25.8 Å². The number of amides is 3. The van der Waals surface area contributed by atoms with E-state index in [1.165, 1.54) is 4.90 Å². The molecule has 2 aromatic carbocycles. The zero-order chi connectivity index (χ0) is 27.1. The van der Waals surface area contributed by atoms with Gasteiger partial charge in [0.05, 0.1) is 31.2 Å². The quantitative estimate of drug-likeness (QED) is 0.311. The lowest BCUT2D eigenvalue weighted by Crippen LogP contribution is -2.73. The van der Waals surface area contributed by atoms with Crippen LogP contribution in [-0.4, -0.2) is 88.5 Å². The average molecular weight is 534 g/mol. The number of aliphatic hydroxyl groups is 1. The van der Waals surface area contributed by atoms with Gasteiger partial charge in [-0.25, -0.2) is 9.79 Å². The van der Waals surface area contributed by atoms with Crippen molar-refractivity contribution in [3.8, 4) is 0 Å². The third-order valence-corrected chi connectivity index (χ3v) is 8.05. The van der Waals surface area contributed by atoms with Gasteiger partial charge in [0, 0.05) is 19.5 Å². The molecule has 0 aliphatic carbocycles. The minimum Gasteiger partial charge on any atom is -0.441 e. The van der Waals surface area contributed by atoms with Crippen molar-refractivity contribution in [2.75, 3.05) is 19.8 Å². The van der Waals surface area contributed by atoms with Gasteiger partial charge in [-0.15, -0.1) is 0 Å². The number of carbonyl (C=O) groups excluding carboxylic acids is 3. The highest BCUT2D eigenvalue weighted by molar-refractivity contribution is 6.02. The van der Waals surface area contributed by atoms with E-state index in [-0.39, 0.29) is 43.7 Å². The molecule has 12 nitrogen and oxygen atoms in total. The molecule has 1 spiro atoms. The van der Waals surface area contributed by atoms with Crippen molar-refractivity contribution in [2.45, 2.75) is 48.8 Å². The maximum atomic E-state index is 13.2. The van der Waals surface area contributed by atoms with Gasteiger partial charge in [-0.2, -0.15) is 0 Å². The van der Waals surface area contributed by atoms with Gasteiger partial charge in [-0.05, 0) is 11.1 Å². The highest BCUT2D eigenvalue weighted by Crippen LogP contribution is 2.39. The summed E-state index contributed by atoms with van der Waals surface area (Å²) < 4.78 is 5.80. The number of rotatable bonds is 6. The first-order chi connectivity index (χ1) is 18.9. The number of nitrogens with two attached hydrogens (primary N) is 1. The number of alkyl carbamates (subject to hydrolysis) is 1. The van der Waals surface area contributed by atoms with E-state index in [0.29, 0.717) is 6.67 Å². The van der Waals surface area contributed by atoms with Crippen LogP contribution >= 0.6 is 0 Å². The third kappa shape index (κ3) is 4.30. The number of likely N-dealkylation sites (tertiary alicyclic amines) is 1. The van der Waals surface area contributed by atoms with Gasteiger partial charge in [0.25, 0.3) is 0 Å². The van der Waals surface area contributed by atoms with Gasteiger partial charge >= 0.3 is 6.09 Å². The average Bonchev–Trinajstić information content (AvgIpc) is 3.61. The number of aliphatic imine (C=N–C) groups is 1. The van der Waals surface area contributed by atoms with Crippen molar-refractivity contribution >= 4 is 23.9 Å². The summed E-state index contributed by atoms with van der Waals surface area (Å²) in [6.07, 6.45) is -2.42. The van der Waals surface area contributed by atoms with Gasteiger partial charge in [-0.3, -0.25) is 25.1 Å². The number of nitrogens with one attached hydrogen (secondary N) is 3. The lowest BCUT2D eigenvalue weighted by Gasteiger charge is -2.47. The van der Waals surface area contributed by atoms with Crippen molar-refractivity contribution < 1.29 is 24.2 Å². The Bertz CT molecular complexity index is 1240. The monoisotopic (exact) mass is 533 g/mol. The van der Waals surface area contributed by atoms with E-state index in [1.54, 1.807) is 4.90 Å². The second kappa shape index (κ2) is 9.95. The molecule has 0 saturated carbocycles. The van der Waals surface area contributed by atoms with E-state index in [9.17, 15) is 19.5 Å². The molecule has 0 aromatic heterocycles. The van der Waals surface area contributed by atoms with E-state index in [0.717, 1.165) is 11.1 Å². The fraction of sp³-hybridized carbons (Fsp3) is 0.407. The smallest absolute Gasteiger partial charge is 0.408 e. The predicted octanol–water partition coefficient (Wildman–Crippen LogP) is -0.392. The summed E-state index contributed by atoms with van der Waals surface area (Å²) in [5.41, 5.74) is 7.00. The van der Waals surface area contributed by atoms with Crippen LogP contribution < -0.4 is 21.7 Å². The molecule has 3 saturated heterocycles. The number of imide groups is 1. The predicted molar refractivity (Wildman–Crippen MR) is 140 cm³/mol. The molecule has 4 aliphatic rings. The Kier molecular flexibility index (Phi) is 6.45. The Morgan fingerprint density at radius 3 is 2.33 bits per heavy atom. The Morgan fingerprint density at radius 1 is 1.10 bits per heavy atom. The summed E-state index contributed by atoms with van der Waals surface area (Å²) >= 11 is 0. The second-order valence-electron chi connectivity index (χ2n) is 10.2. The van der Waals surface area contributed by atoms with Gasteiger partial charge in [0.15, 0.2) is 12.1 Å². The first-order valence-corrected chi connectivity index (χ1v) is 13.1. The van der Waals surface area contributed by atoms with Crippen molar-refractivity contribution in [1.29, 1.82) is 0 Å². The maximum Gasteiger partial charge on any atom is 0.408 e. The van der Waals surface area contributed by atoms with Crippen LogP contribution in [0.1, 0.15) is 30.0 Å². The molecule has 0 radical (unpaired) electrons. The van der Waals surface area contributed by atoms with Crippen molar-refractivity contribution in [2.24, 2.45) is 10.7 Å². The molecule has 6 rings (SSSR count). The lowest BCUT2D eigenvalue weighted by atomic mass is 9.88. The van der Waals surface area contributed by atoms with Crippen LogP contribution in [0.4, 0.5) is 4.79 Å². The van der Waals surface area contributed by atoms with Gasteiger partial charge in [-0.1, -0.05) is 60.7 Å². The molecule has 5 atom stereocenters. The molecule has 3 amide bonds. The summed E-state index contributed by atoms with van der Waals surface area (Å²) in [5, 5.41) is 21.1. The van der Waals surface area contributed by atoms with E-state index in [4.69, 9.17) is 10.5 Å². The zero-order valence-corrected chi connectivity index (χ0v) is 21.2. The number of nitrogens with zero attached hydrogens (tertiary/aromatic N) is 3. The summed E-state index contributed by atoms with van der Waals surface area (Å²) in [4.78, 5) is 45.2. The van der Waals surface area contributed by atoms with E-state index in [2.05, 4.69) is 20.9 Å². The van der Waals surface area contributed by atoms with E-state index in [1.807, 2.05) is 60.7 Å². The molecule has 39 heavy (non-hydrogen) atoms. The number of benzene rings is 2. The standard InChI is InChI=1S/C27H31N7O5/c28-25-31-18(13-33-20(35)11-12-21(33)36)23-27(30-15-29-23)24(37)19(14-34(25)27)39-26(38)32-22(16-7-3-1-4-8-16)17-9-5-2-6-10-17/h1-10,18-19,22-24,29-30,37H,11-15H2,(H2,28,31)(H,32,38)/t18?,19-,23?,24?,27?/m0/s1. The number of hydrogen-bond acceptors (Lipinski definition) is 10. The highest BCUT2D eigenvalue weighted by atomic mass is 16.6. The number of carbonyl (C=O) groups is 3. The molecule has 204 valence electrons. The normalized spacial score (nSPS) is 29.8. The number of hydrogen-bond donors (Lipinski definition) is 5. The zero-order valence-electron chi connectivity index (χ0n) is 21.2. The molecule has 6 N–H and O–H groups in total. The maximum absolute atomic E-state index is 13.2. The number of guanidine groups is 1. The first kappa shape index (κ1) is 25.3. The Morgan fingerprint density at radius 2 is 1.72 bits per heavy atom. The number of ether oxygens (including phenoxy) is 1. The summed E-state index contributed by atoms with van der Waals surface area (Å²) in [6, 6.07) is 17.6. The topological polar surface area (TPSA) is 162 Å². The molecule has 4 aliphatic heterocycles. The fourth-order valence-electron chi connectivity index (χ4n) is 6.22. The molecule has 12 heteroatoms. The fourth-order valence-corrected chi connectivity index (χ4v) is 6.22. The minimum atomic E-state index is -1.17. The van der Waals surface area contributed by atoms with Gasteiger partial charge < -0.3 is 25.8 Å². The molecule has 4 unspecified atom stereocenters. The second-order valence-corrected chi connectivity index (χ2v) is 10.2. The molecule has 4 heterocycles. The first-order valence-electron chi connectivity index (χ1n) is 13.1. The largest absolute Gasteiger partial charge is 0.441 e. The highest BCUT2D eigenvalue weighted by Gasteiger charge is 2.65. The van der Waals surface area contributed by atoms with E-state index >= 15 is 0 Å². The van der Waals surface area contributed by atoms with Crippen molar-refractivity contribution in [3.63, 3.8) is 0 Å². The summed E-state index contributed by atoms with van der Waals surface area (Å²) in [5.74, 6) is -0.344. The lowest BCUT2D eigenvalue weighted by molar-refractivity contribution is -0.139. The Hall–Kier alpha value is -4.00.